The average molecular weight is 325 g/mol. The van der Waals surface area contributed by atoms with Gasteiger partial charge in [0, 0.05) is 23.5 Å². The van der Waals surface area contributed by atoms with Gasteiger partial charge in [-0.15, -0.1) is 0 Å². The van der Waals surface area contributed by atoms with Gasteiger partial charge < -0.3 is 16.0 Å². The molecule has 0 heterocycles. The molecule has 2 aromatic rings. The lowest BCUT2D eigenvalue weighted by atomic mass is 10.1. The van der Waals surface area contributed by atoms with Crippen LogP contribution in [0.1, 0.15) is 29.3 Å². The molecule has 126 valence electrons. The van der Waals surface area contributed by atoms with E-state index in [1.54, 1.807) is 18.2 Å². The Morgan fingerprint density at radius 3 is 2.38 bits per heavy atom. The molecule has 5 nitrogen and oxygen atoms in total. The third kappa shape index (κ3) is 5.43. The molecule has 2 aromatic carbocycles. The van der Waals surface area contributed by atoms with Crippen molar-refractivity contribution in [1.29, 1.82) is 0 Å². The highest BCUT2D eigenvalue weighted by molar-refractivity contribution is 6.04. The van der Waals surface area contributed by atoms with E-state index in [4.69, 9.17) is 0 Å². The Balaban J connectivity index is 1.87. The molecular formula is C19H23N3O2. The van der Waals surface area contributed by atoms with Crippen molar-refractivity contribution in [2.24, 2.45) is 0 Å². The second-order valence-corrected chi connectivity index (χ2v) is 5.60. The number of rotatable bonds is 7. The van der Waals surface area contributed by atoms with Gasteiger partial charge in [0.2, 0.25) is 5.91 Å². The first-order valence-electron chi connectivity index (χ1n) is 8.07. The third-order valence-corrected chi connectivity index (χ3v) is 3.45. The SMILES string of the molecule is CCCNC(=O)CNc1ccc(NC(=O)c2cccc(C)c2)cc1. The van der Waals surface area contributed by atoms with Gasteiger partial charge in [-0.1, -0.05) is 24.6 Å². The molecule has 0 aromatic heterocycles. The number of amides is 2. The zero-order valence-corrected chi connectivity index (χ0v) is 14.1. The van der Waals surface area contributed by atoms with Gasteiger partial charge in [0.15, 0.2) is 0 Å². The summed E-state index contributed by atoms with van der Waals surface area (Å²) in [6.45, 7) is 4.88. The maximum absolute atomic E-state index is 12.2. The van der Waals surface area contributed by atoms with Crippen LogP contribution in [0.3, 0.4) is 0 Å². The molecule has 5 heteroatoms. The number of aryl methyl sites for hydroxylation is 1. The van der Waals surface area contributed by atoms with Crippen LogP contribution in [0.25, 0.3) is 0 Å². The molecule has 0 aliphatic rings. The smallest absolute Gasteiger partial charge is 0.255 e. The second kappa shape index (κ2) is 8.72. The molecule has 0 unspecified atom stereocenters. The van der Waals surface area contributed by atoms with E-state index in [1.165, 1.54) is 0 Å². The van der Waals surface area contributed by atoms with Crippen LogP contribution in [0.5, 0.6) is 0 Å². The van der Waals surface area contributed by atoms with Gasteiger partial charge in [-0.2, -0.15) is 0 Å². The summed E-state index contributed by atoms with van der Waals surface area (Å²) < 4.78 is 0. The molecule has 0 fully saturated rings. The van der Waals surface area contributed by atoms with Gasteiger partial charge in [0.1, 0.15) is 0 Å². The largest absolute Gasteiger partial charge is 0.376 e. The van der Waals surface area contributed by atoms with Gasteiger partial charge in [-0.3, -0.25) is 9.59 Å². The molecule has 0 radical (unpaired) electrons. The van der Waals surface area contributed by atoms with Gasteiger partial charge in [-0.25, -0.2) is 0 Å². The van der Waals surface area contributed by atoms with E-state index in [-0.39, 0.29) is 18.4 Å². The van der Waals surface area contributed by atoms with Crippen LogP contribution in [0.15, 0.2) is 48.5 Å². The minimum absolute atomic E-state index is 0.0336. The third-order valence-electron chi connectivity index (χ3n) is 3.45. The highest BCUT2D eigenvalue weighted by Crippen LogP contribution is 2.15. The van der Waals surface area contributed by atoms with Crippen molar-refractivity contribution in [2.75, 3.05) is 23.7 Å². The summed E-state index contributed by atoms with van der Waals surface area (Å²) in [5, 5.41) is 8.71. The van der Waals surface area contributed by atoms with Crippen molar-refractivity contribution in [3.05, 3.63) is 59.7 Å². The predicted octanol–water partition coefficient (Wildman–Crippen LogP) is 3.19. The van der Waals surface area contributed by atoms with E-state index in [0.717, 1.165) is 17.7 Å². The van der Waals surface area contributed by atoms with Gasteiger partial charge in [-0.05, 0) is 49.7 Å². The Morgan fingerprint density at radius 1 is 1.00 bits per heavy atom. The van der Waals surface area contributed by atoms with Gasteiger partial charge >= 0.3 is 0 Å². The number of nitrogens with one attached hydrogen (secondary N) is 3. The lowest BCUT2D eigenvalue weighted by Crippen LogP contribution is -2.30. The van der Waals surface area contributed by atoms with E-state index < -0.39 is 0 Å². The highest BCUT2D eigenvalue weighted by Gasteiger charge is 2.06. The molecule has 2 amide bonds. The van der Waals surface area contributed by atoms with E-state index in [9.17, 15) is 9.59 Å². The quantitative estimate of drug-likeness (QED) is 0.732. The number of hydrogen-bond acceptors (Lipinski definition) is 3. The zero-order valence-electron chi connectivity index (χ0n) is 14.1. The fourth-order valence-electron chi connectivity index (χ4n) is 2.17. The monoisotopic (exact) mass is 325 g/mol. The van der Waals surface area contributed by atoms with Crippen LogP contribution in [0.4, 0.5) is 11.4 Å². The van der Waals surface area contributed by atoms with Crippen molar-refractivity contribution < 1.29 is 9.59 Å². The van der Waals surface area contributed by atoms with E-state index >= 15 is 0 Å². The molecule has 0 aliphatic heterocycles. The first kappa shape index (κ1) is 17.5. The van der Waals surface area contributed by atoms with Crippen LogP contribution in [-0.2, 0) is 4.79 Å². The van der Waals surface area contributed by atoms with Crippen molar-refractivity contribution in [1.82, 2.24) is 5.32 Å². The molecule has 0 bridgehead atoms. The van der Waals surface area contributed by atoms with Crippen molar-refractivity contribution in [3.63, 3.8) is 0 Å². The maximum Gasteiger partial charge on any atom is 0.255 e. The lowest BCUT2D eigenvalue weighted by Gasteiger charge is -2.09. The van der Waals surface area contributed by atoms with E-state index in [1.807, 2.05) is 44.2 Å². The number of hydrogen-bond donors (Lipinski definition) is 3. The summed E-state index contributed by atoms with van der Waals surface area (Å²) in [6, 6.07) is 14.7. The summed E-state index contributed by atoms with van der Waals surface area (Å²) in [5.41, 5.74) is 3.21. The van der Waals surface area contributed by atoms with Crippen LogP contribution >= 0.6 is 0 Å². The summed E-state index contributed by atoms with van der Waals surface area (Å²) in [7, 11) is 0. The normalized spacial score (nSPS) is 10.1. The summed E-state index contributed by atoms with van der Waals surface area (Å²) >= 11 is 0. The first-order chi connectivity index (χ1) is 11.6. The topological polar surface area (TPSA) is 70.2 Å². The summed E-state index contributed by atoms with van der Waals surface area (Å²) in [4.78, 5) is 23.7. The molecule has 0 aliphatic carbocycles. The molecule has 0 atom stereocenters. The molecule has 3 N–H and O–H groups in total. The Morgan fingerprint density at radius 2 is 1.71 bits per heavy atom. The Labute approximate surface area is 142 Å². The number of anilines is 2. The lowest BCUT2D eigenvalue weighted by molar-refractivity contribution is -0.119. The fraction of sp³-hybridized carbons (Fsp3) is 0.263. The van der Waals surface area contributed by atoms with E-state index in [2.05, 4.69) is 16.0 Å². The minimum Gasteiger partial charge on any atom is -0.376 e. The molecule has 2 rings (SSSR count). The molecule has 0 spiro atoms. The van der Waals surface area contributed by atoms with Crippen LogP contribution in [0, 0.1) is 6.92 Å². The number of carbonyl (C=O) groups excluding carboxylic acids is 2. The Hall–Kier alpha value is -2.82. The summed E-state index contributed by atoms with van der Waals surface area (Å²) in [5.74, 6) is -0.174. The second-order valence-electron chi connectivity index (χ2n) is 5.60. The van der Waals surface area contributed by atoms with Crippen LogP contribution in [0.2, 0.25) is 0 Å². The molecule has 24 heavy (non-hydrogen) atoms. The summed E-state index contributed by atoms with van der Waals surface area (Å²) in [6.07, 6.45) is 0.918. The van der Waals surface area contributed by atoms with Crippen molar-refractivity contribution in [2.45, 2.75) is 20.3 Å². The first-order valence-corrected chi connectivity index (χ1v) is 8.07. The Bertz CT molecular complexity index is 696. The van der Waals surface area contributed by atoms with E-state index in [0.29, 0.717) is 17.8 Å². The van der Waals surface area contributed by atoms with Gasteiger partial charge in [0.05, 0.1) is 6.54 Å². The number of carbonyl (C=O) groups is 2. The number of benzene rings is 2. The predicted molar refractivity (Wildman–Crippen MR) is 97.4 cm³/mol. The molecular weight excluding hydrogens is 302 g/mol. The molecule has 0 saturated carbocycles. The maximum atomic E-state index is 12.2. The van der Waals surface area contributed by atoms with Crippen molar-refractivity contribution in [3.8, 4) is 0 Å². The standard InChI is InChI=1S/C19H23N3O2/c1-3-11-20-18(23)13-21-16-7-9-17(10-8-16)22-19(24)15-6-4-5-14(2)12-15/h4-10,12,21H,3,11,13H2,1-2H3,(H,20,23)(H,22,24). The average Bonchev–Trinajstić information content (AvgIpc) is 2.59. The highest BCUT2D eigenvalue weighted by atomic mass is 16.2. The zero-order chi connectivity index (χ0) is 17.4. The molecule has 0 saturated heterocycles. The Kier molecular flexibility index (Phi) is 6.37. The minimum atomic E-state index is -0.140. The van der Waals surface area contributed by atoms with Crippen LogP contribution < -0.4 is 16.0 Å². The fourth-order valence-corrected chi connectivity index (χ4v) is 2.17. The van der Waals surface area contributed by atoms with Crippen LogP contribution in [-0.4, -0.2) is 24.9 Å². The van der Waals surface area contributed by atoms with Gasteiger partial charge in [0.25, 0.3) is 5.91 Å². The van der Waals surface area contributed by atoms with Crippen molar-refractivity contribution >= 4 is 23.2 Å².